The van der Waals surface area contributed by atoms with Crippen LogP contribution in [0.5, 0.6) is 5.75 Å². The number of rotatable bonds is 11. The smallest absolute Gasteiger partial charge is 0.118 e. The molecule has 0 amide bonds. The summed E-state index contributed by atoms with van der Waals surface area (Å²) >= 11 is 0. The van der Waals surface area contributed by atoms with Crippen molar-refractivity contribution in [1.29, 1.82) is 0 Å². The molecule has 0 aliphatic heterocycles. The van der Waals surface area contributed by atoms with Crippen molar-refractivity contribution >= 4 is 0 Å². The Hall–Kier alpha value is -1.10. The second-order valence-electron chi connectivity index (χ2n) is 7.02. The third-order valence-electron chi connectivity index (χ3n) is 3.45. The Balaban J connectivity index is 2.34. The maximum Gasteiger partial charge on any atom is 0.118 e. The van der Waals surface area contributed by atoms with Crippen molar-refractivity contribution in [1.82, 2.24) is 4.90 Å². The lowest BCUT2D eigenvalue weighted by Crippen LogP contribution is -2.39. The molecule has 1 unspecified atom stereocenters. The maximum absolute atomic E-state index is 10.2. The van der Waals surface area contributed by atoms with Crippen LogP contribution in [-0.2, 0) is 11.3 Å². The molecule has 0 saturated heterocycles. The fourth-order valence-corrected chi connectivity index (χ4v) is 2.64. The number of nitrogens with zero attached hydrogens (tertiary/aromatic N) is 1. The monoisotopic (exact) mass is 323 g/mol. The zero-order chi connectivity index (χ0) is 17.2. The lowest BCUT2D eigenvalue weighted by Gasteiger charge is -2.28. The van der Waals surface area contributed by atoms with E-state index in [1.807, 2.05) is 24.3 Å². The van der Waals surface area contributed by atoms with Crippen LogP contribution in [0.25, 0.3) is 0 Å². The number of hydrogen-bond acceptors (Lipinski definition) is 4. The van der Waals surface area contributed by atoms with Gasteiger partial charge in [-0.05, 0) is 29.5 Å². The molecule has 4 nitrogen and oxygen atoms in total. The van der Waals surface area contributed by atoms with E-state index >= 15 is 0 Å². The highest BCUT2D eigenvalue weighted by atomic mass is 16.5. The Morgan fingerprint density at radius 1 is 0.957 bits per heavy atom. The molecule has 0 bridgehead atoms. The highest BCUT2D eigenvalue weighted by Gasteiger charge is 2.14. The topological polar surface area (TPSA) is 41.9 Å². The fourth-order valence-electron chi connectivity index (χ4n) is 2.64. The molecule has 1 aromatic rings. The van der Waals surface area contributed by atoms with E-state index in [1.54, 1.807) is 7.11 Å². The molecule has 0 radical (unpaired) electrons. The Morgan fingerprint density at radius 3 is 2.00 bits per heavy atom. The normalized spacial score (nSPS) is 13.1. The second kappa shape index (κ2) is 10.6. The van der Waals surface area contributed by atoms with Crippen LogP contribution < -0.4 is 4.74 Å². The Labute approximate surface area is 141 Å². The van der Waals surface area contributed by atoms with Crippen molar-refractivity contribution in [3.63, 3.8) is 0 Å². The summed E-state index contributed by atoms with van der Waals surface area (Å²) in [6.07, 6.45) is -0.453. The molecular weight excluding hydrogens is 290 g/mol. The Morgan fingerprint density at radius 2 is 1.52 bits per heavy atom. The molecule has 0 aromatic heterocycles. The molecule has 132 valence electrons. The molecular formula is C19H33NO3. The highest BCUT2D eigenvalue weighted by molar-refractivity contribution is 5.26. The van der Waals surface area contributed by atoms with Gasteiger partial charge in [-0.2, -0.15) is 0 Å². The van der Waals surface area contributed by atoms with Gasteiger partial charge in [0.15, 0.2) is 0 Å². The molecule has 23 heavy (non-hydrogen) atoms. The van der Waals surface area contributed by atoms with E-state index in [1.165, 1.54) is 0 Å². The first-order valence-corrected chi connectivity index (χ1v) is 8.51. The molecule has 0 fully saturated rings. The summed E-state index contributed by atoms with van der Waals surface area (Å²) in [4.78, 5) is 2.33. The summed E-state index contributed by atoms with van der Waals surface area (Å²) in [7, 11) is 1.65. The lowest BCUT2D eigenvalue weighted by atomic mass is 10.1. The van der Waals surface area contributed by atoms with Gasteiger partial charge in [0.2, 0.25) is 0 Å². The number of aliphatic hydroxyl groups excluding tert-OH is 1. The van der Waals surface area contributed by atoms with Gasteiger partial charge in [-0.15, -0.1) is 0 Å². The van der Waals surface area contributed by atoms with Gasteiger partial charge in [0, 0.05) is 19.6 Å². The number of ether oxygens (including phenoxy) is 2. The Kier molecular flexibility index (Phi) is 9.22. The molecule has 0 aliphatic rings. The third kappa shape index (κ3) is 8.94. The molecule has 1 aromatic carbocycles. The number of aliphatic hydroxyl groups is 1. The predicted octanol–water partition coefficient (Wildman–Crippen LogP) is 3.19. The number of methoxy groups -OCH3 is 1. The quantitative estimate of drug-likeness (QED) is 0.679. The third-order valence-corrected chi connectivity index (χ3v) is 3.45. The van der Waals surface area contributed by atoms with Crippen LogP contribution >= 0.6 is 0 Å². The SMILES string of the molecule is COc1ccc(COCC(O)CN(CC(C)C)CC(C)C)cc1. The first-order chi connectivity index (χ1) is 10.9. The molecule has 1 N–H and O–H groups in total. The van der Waals surface area contributed by atoms with Gasteiger partial charge in [-0.25, -0.2) is 0 Å². The van der Waals surface area contributed by atoms with Crippen LogP contribution in [0.2, 0.25) is 0 Å². The fraction of sp³-hybridized carbons (Fsp3) is 0.684. The van der Waals surface area contributed by atoms with E-state index < -0.39 is 6.10 Å². The number of hydrogen-bond donors (Lipinski definition) is 1. The van der Waals surface area contributed by atoms with Gasteiger partial charge in [0.1, 0.15) is 5.75 Å². The van der Waals surface area contributed by atoms with Crippen LogP contribution in [0.4, 0.5) is 0 Å². The Bertz CT molecular complexity index is 407. The maximum atomic E-state index is 10.2. The van der Waals surface area contributed by atoms with Crippen molar-refractivity contribution in [2.75, 3.05) is 33.4 Å². The summed E-state index contributed by atoms with van der Waals surface area (Å²) in [5.74, 6) is 2.04. The average molecular weight is 323 g/mol. The van der Waals surface area contributed by atoms with Crippen molar-refractivity contribution in [3.05, 3.63) is 29.8 Å². The van der Waals surface area contributed by atoms with Crippen molar-refractivity contribution in [2.24, 2.45) is 11.8 Å². The molecule has 1 rings (SSSR count). The van der Waals surface area contributed by atoms with Crippen molar-refractivity contribution in [3.8, 4) is 5.75 Å². The van der Waals surface area contributed by atoms with Crippen LogP contribution in [0, 0.1) is 11.8 Å². The van der Waals surface area contributed by atoms with Crippen LogP contribution in [0.15, 0.2) is 24.3 Å². The van der Waals surface area contributed by atoms with Gasteiger partial charge in [0.25, 0.3) is 0 Å². The minimum atomic E-state index is -0.453. The van der Waals surface area contributed by atoms with E-state index in [9.17, 15) is 5.11 Å². The first-order valence-electron chi connectivity index (χ1n) is 8.51. The zero-order valence-corrected chi connectivity index (χ0v) is 15.3. The molecule has 0 aliphatic carbocycles. The lowest BCUT2D eigenvalue weighted by molar-refractivity contribution is 0.00643. The van der Waals surface area contributed by atoms with Crippen LogP contribution in [0.1, 0.15) is 33.3 Å². The summed E-state index contributed by atoms with van der Waals surface area (Å²) in [5.41, 5.74) is 1.08. The minimum absolute atomic E-state index is 0.360. The largest absolute Gasteiger partial charge is 0.497 e. The standard InChI is InChI=1S/C19H33NO3/c1-15(2)10-20(11-16(3)4)12-18(21)14-23-13-17-6-8-19(22-5)9-7-17/h6-9,15-16,18,21H,10-14H2,1-5H3. The summed E-state index contributed by atoms with van der Waals surface area (Å²) in [5, 5.41) is 10.2. The molecule has 1 atom stereocenters. The average Bonchev–Trinajstić information content (AvgIpc) is 2.46. The van der Waals surface area contributed by atoms with Crippen molar-refractivity contribution < 1.29 is 14.6 Å². The van der Waals surface area contributed by atoms with Gasteiger partial charge in [0.05, 0.1) is 26.4 Å². The molecule has 0 spiro atoms. The molecule has 0 saturated carbocycles. The predicted molar refractivity (Wildman–Crippen MR) is 94.8 cm³/mol. The van der Waals surface area contributed by atoms with E-state index in [0.29, 0.717) is 31.6 Å². The van der Waals surface area contributed by atoms with E-state index in [4.69, 9.17) is 9.47 Å². The first kappa shape index (κ1) is 19.9. The van der Waals surface area contributed by atoms with Crippen LogP contribution in [0.3, 0.4) is 0 Å². The molecule has 0 heterocycles. The van der Waals surface area contributed by atoms with Gasteiger partial charge in [-0.3, -0.25) is 0 Å². The summed E-state index contributed by atoms with van der Waals surface area (Å²) < 4.78 is 10.8. The van der Waals surface area contributed by atoms with E-state index in [2.05, 4.69) is 32.6 Å². The summed E-state index contributed by atoms with van der Waals surface area (Å²) in [6.45, 7) is 12.4. The zero-order valence-electron chi connectivity index (χ0n) is 15.3. The van der Waals surface area contributed by atoms with Gasteiger partial charge < -0.3 is 19.5 Å². The van der Waals surface area contributed by atoms with Gasteiger partial charge >= 0.3 is 0 Å². The second-order valence-corrected chi connectivity index (χ2v) is 7.02. The highest BCUT2D eigenvalue weighted by Crippen LogP contribution is 2.12. The minimum Gasteiger partial charge on any atom is -0.497 e. The van der Waals surface area contributed by atoms with Crippen molar-refractivity contribution in [2.45, 2.75) is 40.4 Å². The van der Waals surface area contributed by atoms with E-state index in [-0.39, 0.29) is 0 Å². The molecule has 4 heteroatoms. The van der Waals surface area contributed by atoms with Gasteiger partial charge in [-0.1, -0.05) is 39.8 Å². The number of benzene rings is 1. The van der Waals surface area contributed by atoms with Crippen LogP contribution in [-0.4, -0.2) is 49.5 Å². The van der Waals surface area contributed by atoms with E-state index in [0.717, 1.165) is 24.4 Å². The summed E-state index contributed by atoms with van der Waals surface area (Å²) in [6, 6.07) is 7.80.